The molecule has 0 bridgehead atoms. The standard InChI is InChI=1S/C31H32F2N4O5S/c1-16-8-21-20-6-4-18-9-23-17(12-36-37(23)19-5-7-25(32)34-13-19)10-28(18,2)30(20,33)24(38)11-29(21,3)31(16,27(40)43)42-26(39)22-14-41-15-35-22/h5,7,9,12-16,20-21,24,38H,4,6,8,10-11H2,1-3H3,(H,40,43)/t16-,20+,21+,24+,28+,29+,30+,31+/m1/s1. The van der Waals surface area contributed by atoms with Gasteiger partial charge in [0.1, 0.15) is 11.9 Å². The van der Waals surface area contributed by atoms with Crippen molar-refractivity contribution in [2.24, 2.45) is 28.6 Å². The fourth-order valence-corrected chi connectivity index (χ4v) is 9.82. The van der Waals surface area contributed by atoms with Gasteiger partial charge in [-0.15, -0.1) is 12.6 Å². The third-order valence-corrected chi connectivity index (χ3v) is 11.6. The number of alkyl halides is 1. The van der Waals surface area contributed by atoms with Crippen LogP contribution in [0, 0.1) is 34.5 Å². The molecule has 3 fully saturated rings. The van der Waals surface area contributed by atoms with Crippen molar-refractivity contribution in [3.63, 3.8) is 0 Å². The van der Waals surface area contributed by atoms with Crippen LogP contribution in [0.15, 0.2) is 47.2 Å². The molecule has 7 rings (SSSR count). The number of hydrogen-bond donors (Lipinski definition) is 2. The first-order valence-corrected chi connectivity index (χ1v) is 14.9. The number of ether oxygens (including phenoxy) is 1. The minimum absolute atomic E-state index is 0.0839. The first-order valence-electron chi connectivity index (χ1n) is 14.5. The van der Waals surface area contributed by atoms with Gasteiger partial charge in [0.2, 0.25) is 11.1 Å². The second-order valence-corrected chi connectivity index (χ2v) is 13.5. The third-order valence-electron chi connectivity index (χ3n) is 11.3. The van der Waals surface area contributed by atoms with Crippen LogP contribution in [0.5, 0.6) is 0 Å². The van der Waals surface area contributed by atoms with Gasteiger partial charge in [0.05, 0.1) is 29.9 Å². The van der Waals surface area contributed by atoms with Gasteiger partial charge in [-0.2, -0.15) is 9.49 Å². The molecule has 0 saturated heterocycles. The van der Waals surface area contributed by atoms with Gasteiger partial charge < -0.3 is 14.3 Å². The van der Waals surface area contributed by atoms with Gasteiger partial charge in [-0.3, -0.25) is 4.79 Å². The fraction of sp³-hybridized carbons (Fsp3) is 0.516. The molecule has 0 aromatic carbocycles. The van der Waals surface area contributed by atoms with E-state index in [0.29, 0.717) is 31.4 Å². The van der Waals surface area contributed by atoms with Crippen LogP contribution in [0.3, 0.4) is 0 Å². The average Bonchev–Trinajstić information content (AvgIpc) is 3.68. The number of pyridine rings is 1. The van der Waals surface area contributed by atoms with E-state index in [1.807, 2.05) is 26.8 Å². The minimum Gasteiger partial charge on any atom is -0.451 e. The Balaban J connectivity index is 1.27. The molecule has 12 heteroatoms. The quantitative estimate of drug-likeness (QED) is 0.242. The van der Waals surface area contributed by atoms with Gasteiger partial charge in [0, 0.05) is 22.7 Å². The summed E-state index contributed by atoms with van der Waals surface area (Å²) in [4.78, 5) is 34.1. The van der Waals surface area contributed by atoms with Crippen molar-refractivity contribution in [3.05, 3.63) is 65.7 Å². The zero-order chi connectivity index (χ0) is 30.5. The lowest BCUT2D eigenvalue weighted by molar-refractivity contribution is -0.224. The lowest BCUT2D eigenvalue weighted by Gasteiger charge is -2.63. The highest BCUT2D eigenvalue weighted by atomic mass is 32.1. The number of nitrogens with zero attached hydrogens (tertiary/aromatic N) is 4. The maximum atomic E-state index is 18.1. The molecule has 4 aliphatic carbocycles. The number of aromatic nitrogens is 4. The molecule has 3 heterocycles. The number of oxazole rings is 1. The van der Waals surface area contributed by atoms with Crippen molar-refractivity contribution in [2.75, 3.05) is 0 Å². The number of aliphatic hydroxyl groups excluding tert-OH is 1. The normalized spacial score (nSPS) is 37.9. The lowest BCUT2D eigenvalue weighted by Crippen LogP contribution is -2.70. The Hall–Kier alpha value is -3.38. The zero-order valence-corrected chi connectivity index (χ0v) is 24.9. The molecular weight excluding hydrogens is 578 g/mol. The maximum absolute atomic E-state index is 18.1. The van der Waals surface area contributed by atoms with Crippen LogP contribution in [0.1, 0.15) is 68.2 Å². The number of rotatable bonds is 4. The molecule has 3 saturated carbocycles. The first kappa shape index (κ1) is 28.4. The second kappa shape index (κ2) is 9.31. The number of aliphatic hydroxyl groups is 1. The summed E-state index contributed by atoms with van der Waals surface area (Å²) in [6.45, 7) is 5.51. The number of halogens is 2. The Labute approximate surface area is 252 Å². The predicted octanol–water partition coefficient (Wildman–Crippen LogP) is 4.94. The number of thiol groups is 1. The van der Waals surface area contributed by atoms with Gasteiger partial charge in [0.25, 0.3) is 0 Å². The molecule has 3 aromatic heterocycles. The lowest BCUT2D eigenvalue weighted by atomic mass is 9.44. The van der Waals surface area contributed by atoms with Crippen LogP contribution in [0.2, 0.25) is 0 Å². The molecule has 4 aliphatic rings. The van der Waals surface area contributed by atoms with Crippen LogP contribution in [0.25, 0.3) is 11.8 Å². The Bertz CT molecular complexity index is 1660. The molecular formula is C31H32F2N4O5S. The highest BCUT2D eigenvalue weighted by Crippen LogP contribution is 2.72. The second-order valence-electron chi connectivity index (χ2n) is 13.1. The van der Waals surface area contributed by atoms with Crippen molar-refractivity contribution in [2.45, 2.75) is 70.2 Å². The summed E-state index contributed by atoms with van der Waals surface area (Å²) in [6, 6.07) is 2.86. The van der Waals surface area contributed by atoms with Crippen LogP contribution in [0.4, 0.5) is 8.78 Å². The molecule has 1 N–H and O–H groups in total. The molecule has 0 spiro atoms. The third kappa shape index (κ3) is 3.56. The summed E-state index contributed by atoms with van der Waals surface area (Å²) in [5.41, 5.74) is -2.87. The molecule has 3 aromatic rings. The molecule has 0 amide bonds. The van der Waals surface area contributed by atoms with E-state index in [2.05, 4.69) is 27.7 Å². The summed E-state index contributed by atoms with van der Waals surface area (Å²) in [6.07, 6.45) is 7.49. The summed E-state index contributed by atoms with van der Waals surface area (Å²) in [5.74, 6) is -2.88. The molecule has 9 nitrogen and oxygen atoms in total. The van der Waals surface area contributed by atoms with Gasteiger partial charge in [-0.05, 0) is 61.8 Å². The Morgan fingerprint density at radius 1 is 1.21 bits per heavy atom. The van der Waals surface area contributed by atoms with Crippen LogP contribution >= 0.6 is 12.6 Å². The van der Waals surface area contributed by atoms with Gasteiger partial charge in [0.15, 0.2) is 17.7 Å². The Morgan fingerprint density at radius 2 is 2.00 bits per heavy atom. The fourth-order valence-electron chi connectivity index (χ4n) is 9.30. The molecule has 0 radical (unpaired) electrons. The summed E-state index contributed by atoms with van der Waals surface area (Å²) in [7, 11) is 0. The van der Waals surface area contributed by atoms with Crippen molar-refractivity contribution >= 4 is 29.8 Å². The van der Waals surface area contributed by atoms with Crippen molar-refractivity contribution < 1.29 is 32.6 Å². The number of carbonyl (C=O) groups excluding carboxylic acids is 2. The van der Waals surface area contributed by atoms with E-state index in [9.17, 15) is 19.1 Å². The van der Waals surface area contributed by atoms with Gasteiger partial charge in [-0.1, -0.05) is 26.3 Å². The average molecular weight is 611 g/mol. The number of fused-ring (bicyclic) bond motifs is 6. The van der Waals surface area contributed by atoms with E-state index in [1.54, 1.807) is 16.9 Å². The van der Waals surface area contributed by atoms with Gasteiger partial charge >= 0.3 is 5.97 Å². The largest absolute Gasteiger partial charge is 0.451 e. The SMILES string of the molecule is C[C@@H]1C[C@H]2[C@@H]3CCC4=Cc5c(cnn5-c5ccc(F)nc5)C[C@]4(C)[C@@]3(F)[C@@H](O)C[C@]2(C)[C@@]1(OC(=O)c1cocn1)C(=O)S. The molecule has 43 heavy (non-hydrogen) atoms. The van der Waals surface area contributed by atoms with Crippen molar-refractivity contribution in [1.82, 2.24) is 19.7 Å². The number of allylic oxidation sites excluding steroid dienone is 1. The Morgan fingerprint density at radius 3 is 2.67 bits per heavy atom. The topological polar surface area (TPSA) is 120 Å². The summed E-state index contributed by atoms with van der Waals surface area (Å²) < 4.78 is 44.2. The van der Waals surface area contributed by atoms with E-state index in [1.165, 1.54) is 12.3 Å². The minimum atomic E-state index is -2.02. The van der Waals surface area contributed by atoms with Crippen LogP contribution in [-0.4, -0.2) is 53.3 Å². The summed E-state index contributed by atoms with van der Waals surface area (Å²) >= 11 is 4.23. The predicted molar refractivity (Wildman–Crippen MR) is 152 cm³/mol. The van der Waals surface area contributed by atoms with E-state index in [-0.39, 0.29) is 18.0 Å². The number of carbonyl (C=O) groups is 2. The monoisotopic (exact) mass is 610 g/mol. The summed E-state index contributed by atoms with van der Waals surface area (Å²) in [5, 5.41) is 15.8. The number of esters is 1. The molecule has 0 unspecified atom stereocenters. The highest BCUT2D eigenvalue weighted by molar-refractivity contribution is 7.96. The maximum Gasteiger partial charge on any atom is 0.361 e. The van der Waals surface area contributed by atoms with E-state index >= 15 is 4.39 Å². The Kier molecular flexibility index (Phi) is 6.15. The van der Waals surface area contributed by atoms with E-state index < -0.39 is 57.1 Å². The van der Waals surface area contributed by atoms with Crippen LogP contribution < -0.4 is 0 Å². The molecule has 226 valence electrons. The molecule has 8 atom stereocenters. The zero-order valence-electron chi connectivity index (χ0n) is 24.0. The van der Waals surface area contributed by atoms with Gasteiger partial charge in [-0.25, -0.2) is 23.8 Å². The molecule has 0 aliphatic heterocycles. The van der Waals surface area contributed by atoms with Crippen molar-refractivity contribution in [1.29, 1.82) is 0 Å². The van der Waals surface area contributed by atoms with E-state index in [0.717, 1.165) is 29.5 Å². The van der Waals surface area contributed by atoms with Crippen LogP contribution in [-0.2, 0) is 16.0 Å². The van der Waals surface area contributed by atoms with E-state index in [4.69, 9.17) is 9.15 Å². The highest BCUT2D eigenvalue weighted by Gasteiger charge is 2.77. The smallest absolute Gasteiger partial charge is 0.361 e. The van der Waals surface area contributed by atoms with Crippen molar-refractivity contribution in [3.8, 4) is 5.69 Å². The first-order chi connectivity index (χ1) is 20.4. The number of hydrogen-bond acceptors (Lipinski definition) is 8.